The molecular formula is C13H14N2OS. The largest absolute Gasteiger partial charge is 0.381 e. The van der Waals surface area contributed by atoms with Crippen LogP contribution in [0, 0.1) is 6.92 Å². The molecule has 0 fully saturated rings. The van der Waals surface area contributed by atoms with Crippen LogP contribution in [0.25, 0.3) is 0 Å². The summed E-state index contributed by atoms with van der Waals surface area (Å²) in [6.45, 7) is 2.66. The lowest BCUT2D eigenvalue weighted by molar-refractivity contribution is 0.1000. The summed E-state index contributed by atoms with van der Waals surface area (Å²) in [5, 5.41) is 7.45. The second-order valence-electron chi connectivity index (χ2n) is 3.83. The molecule has 4 heteroatoms. The van der Waals surface area contributed by atoms with Gasteiger partial charge in [-0.2, -0.15) is 11.3 Å². The van der Waals surface area contributed by atoms with Crippen molar-refractivity contribution in [3.8, 4) is 0 Å². The third-order valence-electron chi connectivity index (χ3n) is 2.66. The number of primary amides is 1. The lowest BCUT2D eigenvalue weighted by Crippen LogP contribution is -2.13. The minimum absolute atomic E-state index is 0.387. The van der Waals surface area contributed by atoms with Crippen molar-refractivity contribution in [2.75, 3.05) is 5.32 Å². The number of carbonyl (C=O) groups excluding carboxylic acids is 1. The molecule has 0 saturated carbocycles. The fourth-order valence-corrected chi connectivity index (χ4v) is 2.35. The zero-order valence-electron chi connectivity index (χ0n) is 9.57. The van der Waals surface area contributed by atoms with E-state index in [-0.39, 0.29) is 5.91 Å². The topological polar surface area (TPSA) is 55.1 Å². The van der Waals surface area contributed by atoms with Crippen molar-refractivity contribution >= 4 is 22.9 Å². The smallest absolute Gasteiger partial charge is 0.249 e. The highest BCUT2D eigenvalue weighted by atomic mass is 32.1. The van der Waals surface area contributed by atoms with E-state index in [0.717, 1.165) is 17.8 Å². The SMILES string of the molecule is Cc1c(NCc2ccsc2)cccc1C(N)=O. The molecule has 1 amide bonds. The van der Waals surface area contributed by atoms with Crippen LogP contribution in [-0.4, -0.2) is 5.91 Å². The van der Waals surface area contributed by atoms with Gasteiger partial charge in [0.05, 0.1) is 0 Å². The van der Waals surface area contributed by atoms with Gasteiger partial charge in [-0.05, 0) is 47.0 Å². The summed E-state index contributed by atoms with van der Waals surface area (Å²) in [5.74, 6) is -0.387. The third kappa shape index (κ3) is 2.65. The summed E-state index contributed by atoms with van der Waals surface area (Å²) < 4.78 is 0. The number of thiophene rings is 1. The van der Waals surface area contributed by atoms with Crippen molar-refractivity contribution in [2.24, 2.45) is 5.73 Å². The molecule has 1 aromatic carbocycles. The zero-order valence-corrected chi connectivity index (χ0v) is 10.4. The number of nitrogens with two attached hydrogens (primary N) is 1. The molecule has 1 aromatic heterocycles. The number of carbonyl (C=O) groups is 1. The summed E-state index contributed by atoms with van der Waals surface area (Å²) in [5.41, 5.74) is 8.96. The number of benzene rings is 1. The van der Waals surface area contributed by atoms with Gasteiger partial charge in [0.15, 0.2) is 0 Å². The molecular weight excluding hydrogens is 232 g/mol. The molecule has 17 heavy (non-hydrogen) atoms. The maximum Gasteiger partial charge on any atom is 0.249 e. The van der Waals surface area contributed by atoms with Gasteiger partial charge in [-0.25, -0.2) is 0 Å². The normalized spacial score (nSPS) is 10.2. The van der Waals surface area contributed by atoms with Gasteiger partial charge in [0.25, 0.3) is 0 Å². The number of hydrogen-bond acceptors (Lipinski definition) is 3. The lowest BCUT2D eigenvalue weighted by atomic mass is 10.1. The Kier molecular flexibility index (Phi) is 3.44. The molecule has 1 heterocycles. The van der Waals surface area contributed by atoms with Crippen molar-refractivity contribution in [3.63, 3.8) is 0 Å². The number of amides is 1. The van der Waals surface area contributed by atoms with Gasteiger partial charge in [-0.15, -0.1) is 0 Å². The van der Waals surface area contributed by atoms with Crippen LogP contribution in [0.1, 0.15) is 21.5 Å². The molecule has 0 bridgehead atoms. The van der Waals surface area contributed by atoms with E-state index in [1.54, 1.807) is 17.4 Å². The number of nitrogens with one attached hydrogen (secondary N) is 1. The molecule has 3 nitrogen and oxygen atoms in total. The van der Waals surface area contributed by atoms with E-state index in [4.69, 9.17) is 5.73 Å². The number of rotatable bonds is 4. The van der Waals surface area contributed by atoms with Gasteiger partial charge in [0, 0.05) is 17.8 Å². The number of hydrogen-bond donors (Lipinski definition) is 2. The van der Waals surface area contributed by atoms with E-state index >= 15 is 0 Å². The molecule has 2 rings (SSSR count). The number of anilines is 1. The molecule has 0 radical (unpaired) electrons. The first kappa shape index (κ1) is 11.7. The van der Waals surface area contributed by atoms with E-state index in [1.165, 1.54) is 5.56 Å². The van der Waals surface area contributed by atoms with E-state index in [9.17, 15) is 4.79 Å². The fraction of sp³-hybridized carbons (Fsp3) is 0.154. The van der Waals surface area contributed by atoms with Gasteiger partial charge in [0.1, 0.15) is 0 Å². The van der Waals surface area contributed by atoms with Crippen LogP contribution in [0.3, 0.4) is 0 Å². The van der Waals surface area contributed by atoms with Crippen LogP contribution >= 0.6 is 11.3 Å². The molecule has 88 valence electrons. The second-order valence-corrected chi connectivity index (χ2v) is 4.61. The van der Waals surface area contributed by atoms with E-state index in [0.29, 0.717) is 5.56 Å². The van der Waals surface area contributed by atoms with Crippen LogP contribution in [-0.2, 0) is 6.54 Å². The quantitative estimate of drug-likeness (QED) is 0.871. The second kappa shape index (κ2) is 5.01. The van der Waals surface area contributed by atoms with Crippen molar-refractivity contribution in [2.45, 2.75) is 13.5 Å². The Hall–Kier alpha value is -1.81. The third-order valence-corrected chi connectivity index (χ3v) is 3.39. The highest BCUT2D eigenvalue weighted by Crippen LogP contribution is 2.19. The lowest BCUT2D eigenvalue weighted by Gasteiger charge is -2.11. The van der Waals surface area contributed by atoms with E-state index in [1.807, 2.05) is 24.4 Å². The van der Waals surface area contributed by atoms with Gasteiger partial charge in [-0.1, -0.05) is 6.07 Å². The van der Waals surface area contributed by atoms with Crippen molar-refractivity contribution in [1.29, 1.82) is 0 Å². The Morgan fingerprint density at radius 1 is 1.41 bits per heavy atom. The minimum Gasteiger partial charge on any atom is -0.381 e. The predicted octanol–water partition coefficient (Wildman–Crippen LogP) is 2.77. The average molecular weight is 246 g/mol. The van der Waals surface area contributed by atoms with Crippen molar-refractivity contribution in [1.82, 2.24) is 0 Å². The minimum atomic E-state index is -0.387. The molecule has 0 spiro atoms. The summed E-state index contributed by atoms with van der Waals surface area (Å²) in [6.07, 6.45) is 0. The van der Waals surface area contributed by atoms with E-state index in [2.05, 4.69) is 16.8 Å². The van der Waals surface area contributed by atoms with Crippen LogP contribution in [0.2, 0.25) is 0 Å². The predicted molar refractivity (Wildman–Crippen MR) is 71.3 cm³/mol. The highest BCUT2D eigenvalue weighted by molar-refractivity contribution is 7.07. The molecule has 0 aliphatic carbocycles. The molecule has 0 saturated heterocycles. The molecule has 0 atom stereocenters. The van der Waals surface area contributed by atoms with Crippen LogP contribution in [0.5, 0.6) is 0 Å². The van der Waals surface area contributed by atoms with Gasteiger partial charge in [-0.3, -0.25) is 4.79 Å². The molecule has 0 unspecified atom stereocenters. The maximum atomic E-state index is 11.2. The molecule has 0 aliphatic heterocycles. The first-order valence-electron chi connectivity index (χ1n) is 5.33. The zero-order chi connectivity index (χ0) is 12.3. The van der Waals surface area contributed by atoms with Crippen LogP contribution in [0.4, 0.5) is 5.69 Å². The van der Waals surface area contributed by atoms with Crippen molar-refractivity contribution in [3.05, 3.63) is 51.7 Å². The average Bonchev–Trinajstić information content (AvgIpc) is 2.80. The first-order chi connectivity index (χ1) is 8.18. The Balaban J connectivity index is 2.16. The summed E-state index contributed by atoms with van der Waals surface area (Å²) in [7, 11) is 0. The Bertz CT molecular complexity index is 520. The standard InChI is InChI=1S/C13H14N2OS/c1-9-11(13(14)16)3-2-4-12(9)15-7-10-5-6-17-8-10/h2-6,8,15H,7H2,1H3,(H2,14,16). The van der Waals surface area contributed by atoms with Gasteiger partial charge >= 0.3 is 0 Å². The van der Waals surface area contributed by atoms with Crippen LogP contribution in [0.15, 0.2) is 35.0 Å². The van der Waals surface area contributed by atoms with Gasteiger partial charge in [0.2, 0.25) is 5.91 Å². The Morgan fingerprint density at radius 2 is 2.24 bits per heavy atom. The monoisotopic (exact) mass is 246 g/mol. The van der Waals surface area contributed by atoms with Gasteiger partial charge < -0.3 is 11.1 Å². The van der Waals surface area contributed by atoms with Crippen LogP contribution < -0.4 is 11.1 Å². The van der Waals surface area contributed by atoms with E-state index < -0.39 is 0 Å². The van der Waals surface area contributed by atoms with Crippen molar-refractivity contribution < 1.29 is 4.79 Å². The summed E-state index contributed by atoms with van der Waals surface area (Å²) in [4.78, 5) is 11.2. The summed E-state index contributed by atoms with van der Waals surface area (Å²) in [6, 6.07) is 7.61. The Labute approximate surface area is 104 Å². The molecule has 0 aliphatic rings. The Morgan fingerprint density at radius 3 is 2.88 bits per heavy atom. The molecule has 3 N–H and O–H groups in total. The molecule has 2 aromatic rings. The highest BCUT2D eigenvalue weighted by Gasteiger charge is 2.07. The summed E-state index contributed by atoms with van der Waals surface area (Å²) >= 11 is 1.67. The maximum absolute atomic E-state index is 11.2. The first-order valence-corrected chi connectivity index (χ1v) is 6.27. The fourth-order valence-electron chi connectivity index (χ4n) is 1.68.